The number of rotatable bonds is 3. The fraction of sp³-hybridized carbons (Fsp3) is 0.818. The highest BCUT2D eigenvalue weighted by atomic mass is 15.1. The van der Waals surface area contributed by atoms with Gasteiger partial charge in [0.2, 0.25) is 0 Å². The van der Waals surface area contributed by atoms with Gasteiger partial charge in [0.25, 0.3) is 0 Å². The van der Waals surface area contributed by atoms with Crippen molar-refractivity contribution in [2.75, 3.05) is 26.2 Å². The first-order valence-electron chi connectivity index (χ1n) is 5.11. The molecule has 2 heteroatoms. The minimum Gasteiger partial charge on any atom is -0.330 e. The predicted octanol–water partition coefficient (Wildman–Crippen LogP) is 1.62. The van der Waals surface area contributed by atoms with Crippen LogP contribution in [0.4, 0.5) is 0 Å². The molecule has 0 saturated heterocycles. The number of nitrogens with zero attached hydrogens (tertiary/aromatic N) is 1. The molecule has 1 aliphatic heterocycles. The average Bonchev–Trinajstić information content (AvgIpc) is 2.03. The van der Waals surface area contributed by atoms with Crippen molar-refractivity contribution < 1.29 is 0 Å². The molecule has 0 fully saturated rings. The van der Waals surface area contributed by atoms with Crippen molar-refractivity contribution in [2.45, 2.75) is 27.2 Å². The fourth-order valence-electron chi connectivity index (χ4n) is 1.79. The lowest BCUT2D eigenvalue weighted by Gasteiger charge is -2.33. The van der Waals surface area contributed by atoms with Crippen LogP contribution in [0.1, 0.15) is 27.2 Å². The number of hydrogen-bond acceptors (Lipinski definition) is 2. The fourth-order valence-corrected chi connectivity index (χ4v) is 1.79. The Morgan fingerprint density at radius 3 is 2.77 bits per heavy atom. The molecule has 0 radical (unpaired) electrons. The first-order valence-corrected chi connectivity index (χ1v) is 5.11. The Bertz CT molecular complexity index is 194. The second-order valence-electron chi connectivity index (χ2n) is 4.92. The SMILES string of the molecule is CC1=CCCN(CC(C)(C)CN)C1. The Labute approximate surface area is 81.8 Å². The maximum atomic E-state index is 5.72. The van der Waals surface area contributed by atoms with Crippen LogP contribution in [0, 0.1) is 5.41 Å². The molecule has 1 rings (SSSR count). The second-order valence-corrected chi connectivity index (χ2v) is 4.92. The molecule has 0 spiro atoms. The molecule has 0 aromatic rings. The molecule has 0 amide bonds. The lowest BCUT2D eigenvalue weighted by atomic mass is 9.92. The zero-order chi connectivity index (χ0) is 9.90. The zero-order valence-electron chi connectivity index (χ0n) is 9.14. The van der Waals surface area contributed by atoms with E-state index in [9.17, 15) is 0 Å². The number of hydrogen-bond donors (Lipinski definition) is 1. The maximum absolute atomic E-state index is 5.72. The van der Waals surface area contributed by atoms with Crippen LogP contribution in [0.15, 0.2) is 11.6 Å². The van der Waals surface area contributed by atoms with Gasteiger partial charge in [0.15, 0.2) is 0 Å². The highest BCUT2D eigenvalue weighted by Gasteiger charge is 2.21. The summed E-state index contributed by atoms with van der Waals surface area (Å²) < 4.78 is 0. The van der Waals surface area contributed by atoms with Crippen LogP contribution in [-0.4, -0.2) is 31.1 Å². The Balaban J connectivity index is 2.42. The lowest BCUT2D eigenvalue weighted by Crippen LogP contribution is -2.41. The molecule has 0 aromatic carbocycles. The maximum Gasteiger partial charge on any atom is 0.0190 e. The topological polar surface area (TPSA) is 29.3 Å². The third-order valence-corrected chi connectivity index (χ3v) is 2.62. The van der Waals surface area contributed by atoms with Gasteiger partial charge in [-0.2, -0.15) is 0 Å². The summed E-state index contributed by atoms with van der Waals surface area (Å²) in [5.74, 6) is 0. The molecule has 0 saturated carbocycles. The van der Waals surface area contributed by atoms with E-state index in [0.29, 0.717) is 0 Å². The first-order chi connectivity index (χ1) is 6.03. The number of nitrogens with two attached hydrogens (primary N) is 1. The van der Waals surface area contributed by atoms with Crippen molar-refractivity contribution in [1.29, 1.82) is 0 Å². The molecule has 2 nitrogen and oxygen atoms in total. The minimum atomic E-state index is 0.262. The molecule has 0 bridgehead atoms. The Kier molecular flexibility index (Phi) is 3.51. The van der Waals surface area contributed by atoms with Gasteiger partial charge in [0.05, 0.1) is 0 Å². The lowest BCUT2D eigenvalue weighted by molar-refractivity contribution is 0.192. The summed E-state index contributed by atoms with van der Waals surface area (Å²) >= 11 is 0. The molecular formula is C11H22N2. The summed E-state index contributed by atoms with van der Waals surface area (Å²) in [4.78, 5) is 2.50. The molecule has 0 aromatic heterocycles. The third-order valence-electron chi connectivity index (χ3n) is 2.62. The largest absolute Gasteiger partial charge is 0.330 e. The molecular weight excluding hydrogens is 160 g/mol. The van der Waals surface area contributed by atoms with E-state index in [2.05, 4.69) is 31.7 Å². The van der Waals surface area contributed by atoms with E-state index in [4.69, 9.17) is 5.73 Å². The van der Waals surface area contributed by atoms with Crippen LogP contribution in [0.2, 0.25) is 0 Å². The van der Waals surface area contributed by atoms with Gasteiger partial charge in [0.1, 0.15) is 0 Å². The van der Waals surface area contributed by atoms with Crippen LogP contribution in [0.3, 0.4) is 0 Å². The summed E-state index contributed by atoms with van der Waals surface area (Å²) in [6.07, 6.45) is 3.54. The van der Waals surface area contributed by atoms with Gasteiger partial charge in [-0.15, -0.1) is 0 Å². The van der Waals surface area contributed by atoms with Crippen LogP contribution < -0.4 is 5.73 Å². The van der Waals surface area contributed by atoms with E-state index in [1.165, 1.54) is 18.5 Å². The van der Waals surface area contributed by atoms with Gasteiger partial charge in [-0.3, -0.25) is 4.90 Å². The van der Waals surface area contributed by atoms with Crippen LogP contribution in [0.25, 0.3) is 0 Å². The quantitative estimate of drug-likeness (QED) is 0.672. The van der Waals surface area contributed by atoms with E-state index < -0.39 is 0 Å². The monoisotopic (exact) mass is 182 g/mol. The van der Waals surface area contributed by atoms with E-state index in [1.54, 1.807) is 0 Å². The third kappa shape index (κ3) is 3.49. The molecule has 76 valence electrons. The summed E-state index contributed by atoms with van der Waals surface area (Å²) in [6.45, 7) is 10.9. The molecule has 0 atom stereocenters. The highest BCUT2D eigenvalue weighted by molar-refractivity contribution is 5.04. The van der Waals surface area contributed by atoms with Gasteiger partial charge in [-0.05, 0) is 25.3 Å². The Morgan fingerprint density at radius 2 is 2.23 bits per heavy atom. The zero-order valence-corrected chi connectivity index (χ0v) is 9.14. The van der Waals surface area contributed by atoms with E-state index in [1.807, 2.05) is 0 Å². The van der Waals surface area contributed by atoms with Crippen molar-refractivity contribution >= 4 is 0 Å². The summed E-state index contributed by atoms with van der Waals surface area (Å²) in [5.41, 5.74) is 7.48. The molecule has 13 heavy (non-hydrogen) atoms. The van der Waals surface area contributed by atoms with Gasteiger partial charge < -0.3 is 5.73 Å². The Hall–Kier alpha value is -0.340. The van der Waals surface area contributed by atoms with Crippen molar-refractivity contribution in [2.24, 2.45) is 11.1 Å². The average molecular weight is 182 g/mol. The van der Waals surface area contributed by atoms with Crippen LogP contribution in [0.5, 0.6) is 0 Å². The second kappa shape index (κ2) is 4.25. The van der Waals surface area contributed by atoms with Crippen LogP contribution >= 0.6 is 0 Å². The van der Waals surface area contributed by atoms with E-state index >= 15 is 0 Å². The van der Waals surface area contributed by atoms with Crippen LogP contribution in [-0.2, 0) is 0 Å². The van der Waals surface area contributed by atoms with Gasteiger partial charge in [0, 0.05) is 19.6 Å². The van der Waals surface area contributed by atoms with Crippen molar-refractivity contribution in [3.8, 4) is 0 Å². The predicted molar refractivity (Wildman–Crippen MR) is 57.6 cm³/mol. The van der Waals surface area contributed by atoms with Crippen molar-refractivity contribution in [3.05, 3.63) is 11.6 Å². The standard InChI is InChI=1S/C11H22N2/c1-10-5-4-6-13(7-10)9-11(2,3)8-12/h5H,4,6-9,12H2,1-3H3. The Morgan fingerprint density at radius 1 is 1.54 bits per heavy atom. The van der Waals surface area contributed by atoms with Gasteiger partial charge in [-0.25, -0.2) is 0 Å². The van der Waals surface area contributed by atoms with Gasteiger partial charge >= 0.3 is 0 Å². The van der Waals surface area contributed by atoms with E-state index in [0.717, 1.165) is 19.6 Å². The molecule has 1 heterocycles. The minimum absolute atomic E-state index is 0.262. The smallest absolute Gasteiger partial charge is 0.0190 e. The molecule has 0 unspecified atom stereocenters. The summed E-state index contributed by atoms with van der Waals surface area (Å²) in [6, 6.07) is 0. The molecule has 0 aliphatic carbocycles. The van der Waals surface area contributed by atoms with E-state index in [-0.39, 0.29) is 5.41 Å². The highest BCUT2D eigenvalue weighted by Crippen LogP contribution is 2.18. The molecule has 1 aliphatic rings. The normalized spacial score (nSPS) is 20.2. The first kappa shape index (κ1) is 10.7. The summed E-state index contributed by atoms with van der Waals surface area (Å²) in [5, 5.41) is 0. The van der Waals surface area contributed by atoms with Crippen molar-refractivity contribution in [1.82, 2.24) is 4.90 Å². The summed E-state index contributed by atoms with van der Waals surface area (Å²) in [7, 11) is 0. The molecule has 2 N–H and O–H groups in total. The van der Waals surface area contributed by atoms with Crippen molar-refractivity contribution in [3.63, 3.8) is 0 Å². The van der Waals surface area contributed by atoms with Gasteiger partial charge in [-0.1, -0.05) is 25.5 Å².